The van der Waals surface area contributed by atoms with E-state index in [0.29, 0.717) is 31.0 Å². The van der Waals surface area contributed by atoms with Gasteiger partial charge in [0.05, 0.1) is 23.3 Å². The summed E-state index contributed by atoms with van der Waals surface area (Å²) in [5.74, 6) is 0.0423. The van der Waals surface area contributed by atoms with Gasteiger partial charge >= 0.3 is 0 Å². The van der Waals surface area contributed by atoms with Crippen LogP contribution in [0.1, 0.15) is 36.2 Å². The van der Waals surface area contributed by atoms with Gasteiger partial charge in [-0.25, -0.2) is 0 Å². The standard InChI is InChI=1S/C20H23ClN4O2/c1-13-9-15(24(2)23-13)11-22-19(27)20(16-5-3-4-6-17(16)21)10-14-7-8-18(26)25(14)12-20/h3-6,9,14H,7-8,10-12H2,1-2H3,(H,22,27)/t14-,20-/m0/s1. The summed E-state index contributed by atoms with van der Waals surface area (Å²) in [5.41, 5.74) is 1.83. The van der Waals surface area contributed by atoms with E-state index in [9.17, 15) is 9.59 Å². The zero-order chi connectivity index (χ0) is 19.2. The Labute approximate surface area is 163 Å². The molecule has 2 saturated heterocycles. The molecule has 3 heterocycles. The maximum absolute atomic E-state index is 13.4. The monoisotopic (exact) mass is 386 g/mol. The summed E-state index contributed by atoms with van der Waals surface area (Å²) in [6.45, 7) is 2.70. The van der Waals surface area contributed by atoms with Gasteiger partial charge in [-0.15, -0.1) is 0 Å². The van der Waals surface area contributed by atoms with Crippen molar-refractivity contribution in [2.24, 2.45) is 7.05 Å². The predicted molar refractivity (Wildman–Crippen MR) is 102 cm³/mol. The first-order chi connectivity index (χ1) is 12.9. The maximum atomic E-state index is 13.4. The topological polar surface area (TPSA) is 67.2 Å². The van der Waals surface area contributed by atoms with Crippen molar-refractivity contribution in [3.05, 3.63) is 52.3 Å². The second kappa shape index (κ2) is 6.68. The molecular weight excluding hydrogens is 364 g/mol. The summed E-state index contributed by atoms with van der Waals surface area (Å²) in [5, 5.41) is 7.96. The molecule has 2 amide bonds. The highest BCUT2D eigenvalue weighted by molar-refractivity contribution is 6.31. The molecule has 2 aliphatic heterocycles. The average Bonchev–Trinajstić information content (AvgIpc) is 3.28. The van der Waals surface area contributed by atoms with Gasteiger partial charge in [-0.05, 0) is 37.5 Å². The largest absolute Gasteiger partial charge is 0.350 e. The van der Waals surface area contributed by atoms with Crippen LogP contribution in [0.2, 0.25) is 5.02 Å². The van der Waals surface area contributed by atoms with E-state index >= 15 is 0 Å². The molecule has 142 valence electrons. The number of aromatic nitrogens is 2. The summed E-state index contributed by atoms with van der Waals surface area (Å²) in [6.07, 6.45) is 1.98. The number of rotatable bonds is 4. The molecule has 1 N–H and O–H groups in total. The second-order valence-electron chi connectivity index (χ2n) is 7.56. The van der Waals surface area contributed by atoms with Gasteiger partial charge < -0.3 is 10.2 Å². The van der Waals surface area contributed by atoms with Crippen LogP contribution in [0.4, 0.5) is 0 Å². The minimum Gasteiger partial charge on any atom is -0.350 e. The predicted octanol–water partition coefficient (Wildman–Crippen LogP) is 2.33. The molecule has 6 nitrogen and oxygen atoms in total. The van der Waals surface area contributed by atoms with Crippen molar-refractivity contribution >= 4 is 23.4 Å². The molecule has 7 heteroatoms. The normalized spacial score (nSPS) is 24.3. The third-order valence-corrected chi connectivity index (χ3v) is 6.16. The number of aryl methyl sites for hydroxylation is 2. The van der Waals surface area contributed by atoms with Crippen LogP contribution >= 0.6 is 11.6 Å². The van der Waals surface area contributed by atoms with Crippen molar-refractivity contribution in [2.75, 3.05) is 6.54 Å². The number of hydrogen-bond donors (Lipinski definition) is 1. The quantitative estimate of drug-likeness (QED) is 0.876. The van der Waals surface area contributed by atoms with Crippen molar-refractivity contribution in [3.8, 4) is 0 Å². The van der Waals surface area contributed by atoms with E-state index in [2.05, 4.69) is 10.4 Å². The number of carbonyl (C=O) groups is 2. The molecule has 2 aliphatic rings. The van der Waals surface area contributed by atoms with Crippen molar-refractivity contribution in [2.45, 2.75) is 44.2 Å². The lowest BCUT2D eigenvalue weighted by molar-refractivity contribution is -0.129. The maximum Gasteiger partial charge on any atom is 0.232 e. The van der Waals surface area contributed by atoms with E-state index in [-0.39, 0.29) is 17.9 Å². The van der Waals surface area contributed by atoms with Gasteiger partial charge in [0.25, 0.3) is 0 Å². The number of halogens is 1. The molecule has 27 heavy (non-hydrogen) atoms. The average molecular weight is 387 g/mol. The van der Waals surface area contributed by atoms with Crippen LogP contribution in [-0.2, 0) is 28.6 Å². The Morgan fingerprint density at radius 2 is 2.19 bits per heavy atom. The number of fused-ring (bicyclic) bond motifs is 1. The van der Waals surface area contributed by atoms with Gasteiger partial charge in [0.2, 0.25) is 11.8 Å². The minimum absolute atomic E-state index is 0.0864. The summed E-state index contributed by atoms with van der Waals surface area (Å²) in [6, 6.07) is 9.53. The first kappa shape index (κ1) is 18.0. The number of carbonyl (C=O) groups excluding carboxylic acids is 2. The van der Waals surface area contributed by atoms with Crippen LogP contribution in [-0.4, -0.2) is 39.1 Å². The Balaban J connectivity index is 1.64. The van der Waals surface area contributed by atoms with Gasteiger partial charge in [-0.2, -0.15) is 5.10 Å². The molecule has 2 atom stereocenters. The molecule has 0 unspecified atom stereocenters. The molecule has 0 aliphatic carbocycles. The smallest absolute Gasteiger partial charge is 0.232 e. The van der Waals surface area contributed by atoms with Crippen LogP contribution < -0.4 is 5.32 Å². The highest BCUT2D eigenvalue weighted by Gasteiger charge is 2.54. The lowest BCUT2D eigenvalue weighted by atomic mass is 9.76. The van der Waals surface area contributed by atoms with E-state index < -0.39 is 5.41 Å². The van der Waals surface area contributed by atoms with Gasteiger partial charge in [0, 0.05) is 31.1 Å². The van der Waals surface area contributed by atoms with E-state index in [4.69, 9.17) is 11.6 Å². The van der Waals surface area contributed by atoms with Gasteiger partial charge in [-0.3, -0.25) is 14.3 Å². The molecule has 2 aromatic rings. The van der Waals surface area contributed by atoms with E-state index in [1.165, 1.54) is 0 Å². The van der Waals surface area contributed by atoms with Crippen molar-refractivity contribution in [1.29, 1.82) is 0 Å². The zero-order valence-corrected chi connectivity index (χ0v) is 16.3. The van der Waals surface area contributed by atoms with Gasteiger partial charge in [0.15, 0.2) is 0 Å². The molecule has 0 spiro atoms. The third kappa shape index (κ3) is 3.02. The number of benzene rings is 1. The Morgan fingerprint density at radius 1 is 1.41 bits per heavy atom. The first-order valence-electron chi connectivity index (χ1n) is 9.23. The molecule has 0 saturated carbocycles. The van der Waals surface area contributed by atoms with Gasteiger partial charge in [-0.1, -0.05) is 29.8 Å². The fourth-order valence-corrected chi connectivity index (χ4v) is 4.80. The van der Waals surface area contributed by atoms with E-state index in [0.717, 1.165) is 23.4 Å². The number of amides is 2. The van der Waals surface area contributed by atoms with Crippen molar-refractivity contribution in [1.82, 2.24) is 20.0 Å². The Bertz CT molecular complexity index is 909. The minimum atomic E-state index is -0.813. The molecule has 0 radical (unpaired) electrons. The molecule has 0 bridgehead atoms. The summed E-state index contributed by atoms with van der Waals surface area (Å²) < 4.78 is 1.77. The number of hydrogen-bond acceptors (Lipinski definition) is 3. The highest BCUT2D eigenvalue weighted by atomic mass is 35.5. The van der Waals surface area contributed by atoms with Crippen LogP contribution in [0.25, 0.3) is 0 Å². The van der Waals surface area contributed by atoms with Crippen molar-refractivity contribution in [3.63, 3.8) is 0 Å². The molecule has 1 aromatic heterocycles. The lowest BCUT2D eigenvalue weighted by Gasteiger charge is -2.29. The van der Waals surface area contributed by atoms with Gasteiger partial charge in [0.1, 0.15) is 0 Å². The molecule has 1 aromatic carbocycles. The van der Waals surface area contributed by atoms with E-state index in [1.807, 2.05) is 49.2 Å². The Kier molecular flexibility index (Phi) is 4.46. The molecular formula is C20H23ClN4O2. The highest BCUT2D eigenvalue weighted by Crippen LogP contribution is 2.45. The van der Waals surface area contributed by atoms with Crippen molar-refractivity contribution < 1.29 is 9.59 Å². The summed E-state index contributed by atoms with van der Waals surface area (Å²) in [7, 11) is 1.86. The van der Waals surface area contributed by atoms with E-state index in [1.54, 1.807) is 4.68 Å². The SMILES string of the molecule is Cc1cc(CNC(=O)[C@@]2(c3ccccc3Cl)C[C@@H]3CCC(=O)N3C2)n(C)n1. The summed E-state index contributed by atoms with van der Waals surface area (Å²) in [4.78, 5) is 27.5. The van der Waals surface area contributed by atoms with Crippen LogP contribution in [0.3, 0.4) is 0 Å². The lowest BCUT2D eigenvalue weighted by Crippen LogP contribution is -2.47. The zero-order valence-electron chi connectivity index (χ0n) is 15.5. The summed E-state index contributed by atoms with van der Waals surface area (Å²) >= 11 is 6.48. The second-order valence-corrected chi connectivity index (χ2v) is 7.97. The molecule has 4 rings (SSSR count). The Morgan fingerprint density at radius 3 is 2.85 bits per heavy atom. The number of nitrogens with zero attached hydrogens (tertiary/aromatic N) is 3. The van der Waals surface area contributed by atoms with Crippen LogP contribution in [0.15, 0.2) is 30.3 Å². The fourth-order valence-electron chi connectivity index (χ4n) is 4.48. The number of nitrogens with one attached hydrogen (secondary N) is 1. The van der Waals surface area contributed by atoms with Crippen LogP contribution in [0, 0.1) is 6.92 Å². The fraction of sp³-hybridized carbons (Fsp3) is 0.450. The Hall–Kier alpha value is -2.34. The third-order valence-electron chi connectivity index (χ3n) is 5.83. The first-order valence-corrected chi connectivity index (χ1v) is 9.61. The molecule has 2 fully saturated rings. The van der Waals surface area contributed by atoms with Crippen LogP contribution in [0.5, 0.6) is 0 Å².